The molecule has 49 heavy (non-hydrogen) atoms. The van der Waals surface area contributed by atoms with Gasteiger partial charge in [0.1, 0.15) is 0 Å². The lowest BCUT2D eigenvalue weighted by Crippen LogP contribution is -2.14. The maximum Gasteiger partial charge on any atom is 0.0159 e. The highest BCUT2D eigenvalue weighted by Crippen LogP contribution is 2.52. The van der Waals surface area contributed by atoms with Crippen LogP contribution in [0.25, 0.3) is 87.6 Å². The van der Waals surface area contributed by atoms with Gasteiger partial charge < -0.3 is 0 Å². The summed E-state index contributed by atoms with van der Waals surface area (Å²) in [7, 11) is 0. The second-order valence-electron chi connectivity index (χ2n) is 14.1. The van der Waals surface area contributed by atoms with Gasteiger partial charge in [-0.15, -0.1) is 0 Å². The molecular formula is C49H34. The van der Waals surface area contributed by atoms with Crippen molar-refractivity contribution in [3.05, 3.63) is 181 Å². The van der Waals surface area contributed by atoms with Crippen molar-refractivity contribution in [2.75, 3.05) is 0 Å². The van der Waals surface area contributed by atoms with E-state index in [9.17, 15) is 0 Å². The van der Waals surface area contributed by atoms with Crippen molar-refractivity contribution in [2.24, 2.45) is 0 Å². The molecule has 9 aromatic rings. The molecule has 1 aliphatic rings. The van der Waals surface area contributed by atoms with E-state index in [0.29, 0.717) is 0 Å². The molecule has 0 aromatic heterocycles. The van der Waals surface area contributed by atoms with Gasteiger partial charge in [-0.1, -0.05) is 166 Å². The monoisotopic (exact) mass is 622 g/mol. The van der Waals surface area contributed by atoms with Crippen molar-refractivity contribution in [1.29, 1.82) is 0 Å². The van der Waals surface area contributed by atoms with Gasteiger partial charge in [-0.2, -0.15) is 0 Å². The Labute approximate surface area is 286 Å². The molecule has 0 saturated heterocycles. The molecule has 0 saturated carbocycles. The average Bonchev–Trinajstić information content (AvgIpc) is 3.39. The van der Waals surface area contributed by atoms with Crippen LogP contribution >= 0.6 is 0 Å². The van der Waals surface area contributed by atoms with Gasteiger partial charge in [0.25, 0.3) is 0 Å². The van der Waals surface area contributed by atoms with Crippen LogP contribution in [0, 0.1) is 0 Å². The molecule has 0 fully saturated rings. The first kappa shape index (κ1) is 28.1. The predicted molar refractivity (Wildman–Crippen MR) is 210 cm³/mol. The molecule has 0 N–H and O–H groups in total. The SMILES string of the molecule is CC1(C)c2ccc(-c3ccc4cc(-c5c6ccccc6c(-c6ccccc6)c6ccccc56)ccc4c3)cc2-c2c1ccc1ccccc21. The lowest BCUT2D eigenvalue weighted by Gasteiger charge is -2.21. The maximum atomic E-state index is 2.43. The summed E-state index contributed by atoms with van der Waals surface area (Å²) in [5.74, 6) is 0. The summed E-state index contributed by atoms with van der Waals surface area (Å²) in [6.45, 7) is 4.72. The Hall–Kier alpha value is -5.98. The standard InChI is InChI=1S/C49H34/c1-49(2)44-26-25-36(30-43(44)48-38-15-7-6-12-31(38)24-27-45(48)49)34-20-21-35-29-37(23-22-33(35)28-34)47-41-18-10-8-16-39(41)46(32-13-4-3-5-14-32)40-17-9-11-19-42(40)47/h3-30H,1-2H3. The molecule has 10 rings (SSSR count). The van der Waals surface area contributed by atoms with Gasteiger partial charge in [-0.3, -0.25) is 0 Å². The molecule has 0 spiro atoms. The second kappa shape index (κ2) is 10.5. The van der Waals surface area contributed by atoms with Crippen LogP contribution < -0.4 is 0 Å². The predicted octanol–water partition coefficient (Wildman–Crippen LogP) is 13.6. The highest BCUT2D eigenvalue weighted by atomic mass is 14.4. The summed E-state index contributed by atoms with van der Waals surface area (Å²) in [4.78, 5) is 0. The summed E-state index contributed by atoms with van der Waals surface area (Å²) in [6, 6.07) is 63.1. The van der Waals surface area contributed by atoms with Crippen molar-refractivity contribution in [1.82, 2.24) is 0 Å². The molecule has 0 bridgehead atoms. The Morgan fingerprint density at radius 2 is 0.776 bits per heavy atom. The van der Waals surface area contributed by atoms with Gasteiger partial charge in [0.2, 0.25) is 0 Å². The first-order valence-corrected chi connectivity index (χ1v) is 17.3. The normalized spacial score (nSPS) is 13.3. The average molecular weight is 623 g/mol. The Morgan fingerprint density at radius 1 is 0.306 bits per heavy atom. The van der Waals surface area contributed by atoms with Gasteiger partial charge in [-0.25, -0.2) is 0 Å². The largest absolute Gasteiger partial charge is 0.0622 e. The van der Waals surface area contributed by atoms with Crippen molar-refractivity contribution < 1.29 is 0 Å². The third-order valence-electron chi connectivity index (χ3n) is 11.0. The van der Waals surface area contributed by atoms with Crippen molar-refractivity contribution >= 4 is 43.1 Å². The Morgan fingerprint density at radius 3 is 1.45 bits per heavy atom. The third kappa shape index (κ3) is 4.17. The van der Waals surface area contributed by atoms with E-state index >= 15 is 0 Å². The van der Waals surface area contributed by atoms with Gasteiger partial charge in [0, 0.05) is 5.41 Å². The molecule has 0 radical (unpaired) electrons. The van der Waals surface area contributed by atoms with Crippen LogP contribution in [0.15, 0.2) is 170 Å². The molecule has 1 aliphatic carbocycles. The molecule has 0 atom stereocenters. The van der Waals surface area contributed by atoms with E-state index in [0.717, 1.165) is 0 Å². The Bertz CT molecular complexity index is 2720. The van der Waals surface area contributed by atoms with Crippen LogP contribution in [0.2, 0.25) is 0 Å². The van der Waals surface area contributed by atoms with Crippen molar-refractivity contribution in [3.8, 4) is 44.5 Å². The smallest absolute Gasteiger partial charge is 0.0159 e. The maximum absolute atomic E-state index is 2.43. The minimum absolute atomic E-state index is 0.0271. The van der Waals surface area contributed by atoms with Crippen LogP contribution in [0.3, 0.4) is 0 Å². The highest BCUT2D eigenvalue weighted by molar-refractivity contribution is 6.21. The van der Waals surface area contributed by atoms with E-state index < -0.39 is 0 Å². The first-order valence-electron chi connectivity index (χ1n) is 17.3. The van der Waals surface area contributed by atoms with Gasteiger partial charge in [-0.05, 0) is 117 Å². The zero-order chi connectivity index (χ0) is 32.7. The molecule has 0 heterocycles. The van der Waals surface area contributed by atoms with Crippen LogP contribution in [-0.4, -0.2) is 0 Å². The molecule has 0 unspecified atom stereocenters. The Kier molecular flexibility index (Phi) is 6.02. The number of rotatable bonds is 3. The number of hydrogen-bond acceptors (Lipinski definition) is 0. The van der Waals surface area contributed by atoms with Crippen LogP contribution in [0.5, 0.6) is 0 Å². The highest BCUT2D eigenvalue weighted by Gasteiger charge is 2.36. The molecule has 0 aliphatic heterocycles. The second-order valence-corrected chi connectivity index (χ2v) is 14.1. The zero-order valence-corrected chi connectivity index (χ0v) is 27.7. The lowest BCUT2D eigenvalue weighted by molar-refractivity contribution is 0.661. The minimum Gasteiger partial charge on any atom is -0.0622 e. The van der Waals surface area contributed by atoms with E-state index in [1.54, 1.807) is 0 Å². The fraction of sp³-hybridized carbons (Fsp3) is 0.0612. The fourth-order valence-corrected chi connectivity index (χ4v) is 8.64. The summed E-state index contributed by atoms with van der Waals surface area (Å²) in [5.41, 5.74) is 13.2. The minimum atomic E-state index is -0.0271. The van der Waals surface area contributed by atoms with E-state index in [1.807, 2.05) is 0 Å². The quantitative estimate of drug-likeness (QED) is 0.172. The van der Waals surface area contributed by atoms with Crippen LogP contribution in [0.1, 0.15) is 25.0 Å². The van der Waals surface area contributed by atoms with E-state index in [1.165, 1.54) is 98.7 Å². The van der Waals surface area contributed by atoms with Crippen LogP contribution in [-0.2, 0) is 5.41 Å². The summed E-state index contributed by atoms with van der Waals surface area (Å²) in [6.07, 6.45) is 0. The number of fused-ring (bicyclic) bond motifs is 8. The van der Waals surface area contributed by atoms with Gasteiger partial charge in [0.15, 0.2) is 0 Å². The first-order chi connectivity index (χ1) is 24.1. The van der Waals surface area contributed by atoms with Crippen molar-refractivity contribution in [3.63, 3.8) is 0 Å². The molecule has 0 heteroatoms. The van der Waals surface area contributed by atoms with Crippen LogP contribution in [0.4, 0.5) is 0 Å². The molecule has 9 aromatic carbocycles. The third-order valence-corrected chi connectivity index (χ3v) is 11.0. The zero-order valence-electron chi connectivity index (χ0n) is 27.7. The topological polar surface area (TPSA) is 0 Å². The van der Waals surface area contributed by atoms with E-state index in [-0.39, 0.29) is 5.41 Å². The fourth-order valence-electron chi connectivity index (χ4n) is 8.64. The van der Waals surface area contributed by atoms with Gasteiger partial charge in [0.05, 0.1) is 0 Å². The Balaban J connectivity index is 1.12. The summed E-state index contributed by atoms with van der Waals surface area (Å²) < 4.78 is 0. The van der Waals surface area contributed by atoms with E-state index in [4.69, 9.17) is 0 Å². The molecule has 230 valence electrons. The van der Waals surface area contributed by atoms with Gasteiger partial charge >= 0.3 is 0 Å². The molecule has 0 nitrogen and oxygen atoms in total. The molecular weight excluding hydrogens is 589 g/mol. The lowest BCUT2D eigenvalue weighted by atomic mass is 9.82. The summed E-state index contributed by atoms with van der Waals surface area (Å²) >= 11 is 0. The number of hydrogen-bond donors (Lipinski definition) is 0. The van der Waals surface area contributed by atoms with Crippen molar-refractivity contribution in [2.45, 2.75) is 19.3 Å². The molecule has 0 amide bonds. The number of benzene rings is 9. The van der Waals surface area contributed by atoms with E-state index in [2.05, 4.69) is 184 Å². The summed E-state index contributed by atoms with van der Waals surface area (Å²) in [5, 5.41) is 10.3.